The monoisotopic (exact) mass is 359 g/mol. The van der Waals surface area contributed by atoms with Gasteiger partial charge in [-0.1, -0.05) is 7.43 Å². The summed E-state index contributed by atoms with van der Waals surface area (Å²) in [4.78, 5) is 0. The first kappa shape index (κ1) is 19.9. The maximum Gasteiger partial charge on any atom is 0.187 e. The fraction of sp³-hybridized carbons (Fsp3) is 1.00. The Morgan fingerprint density at radius 3 is 1.88 bits per heavy atom. The molecule has 11 heteroatoms. The number of hydrogen-bond donors (Lipinski definition) is 8. The van der Waals surface area contributed by atoms with Crippen LogP contribution in [0, 0.1) is 0 Å². The summed E-state index contributed by atoms with van der Waals surface area (Å²) in [6, 6.07) is 0. The Morgan fingerprint density at radius 1 is 0.750 bits per heavy atom. The van der Waals surface area contributed by atoms with E-state index in [1.165, 1.54) is 0 Å². The van der Waals surface area contributed by atoms with Gasteiger partial charge in [-0.25, -0.2) is 0 Å². The summed E-state index contributed by atoms with van der Waals surface area (Å²) in [5, 5.41) is 76.8. The zero-order chi connectivity index (χ0) is 18.2. The van der Waals surface area contributed by atoms with Crippen molar-refractivity contribution in [2.75, 3.05) is 13.2 Å². The van der Waals surface area contributed by atoms with Gasteiger partial charge in [-0.3, -0.25) is 0 Å². The molecule has 1 unspecified atom stereocenters. The maximum absolute atomic E-state index is 9.99. The predicted molar refractivity (Wildman–Crippen MR) is 75.4 cm³/mol. The van der Waals surface area contributed by atoms with Gasteiger partial charge in [0.25, 0.3) is 0 Å². The van der Waals surface area contributed by atoms with Crippen molar-refractivity contribution < 1.29 is 56.4 Å². The molecule has 0 aromatic carbocycles. The number of hydrogen-bond acceptors (Lipinski definition) is 11. The Hall–Kier alpha value is -0.440. The van der Waals surface area contributed by atoms with Crippen LogP contribution in [0.1, 0.15) is 8.80 Å². The van der Waals surface area contributed by atoms with Gasteiger partial charge < -0.3 is 55.1 Å². The molecule has 2 fully saturated rings. The first-order chi connectivity index (χ1) is 11.1. The predicted octanol–water partition coefficient (Wildman–Crippen LogP) is -4.76. The number of aliphatic hydroxyl groups excluding tert-OH is 7. The van der Waals surface area contributed by atoms with Gasteiger partial charge in [0.2, 0.25) is 0 Å². The molecule has 0 aromatic rings. The average Bonchev–Trinajstić information content (AvgIpc) is 2.55. The Balaban J connectivity index is 0.00000312. The summed E-state index contributed by atoms with van der Waals surface area (Å²) >= 11 is 0. The van der Waals surface area contributed by atoms with Crippen LogP contribution in [0.5, 0.6) is 0 Å². The second-order valence-electron chi connectivity index (χ2n) is 5.41. The van der Waals surface area contributed by atoms with Crippen molar-refractivity contribution in [2.45, 2.75) is 68.8 Å². The largest absolute Gasteiger partial charge is 0.394 e. The number of rotatable bonds is 4. The van der Waals surface area contributed by atoms with E-state index < -0.39 is 74.6 Å². The van der Waals surface area contributed by atoms with E-state index in [4.69, 9.17) is 20.7 Å². The van der Waals surface area contributed by atoms with E-state index in [9.17, 15) is 35.7 Å². The molecular formula is C13H26O11. The normalized spacial score (nSPS) is 53.2. The minimum absolute atomic E-state index is 0. The molecular weight excluding hydrogens is 332 g/mol. The van der Waals surface area contributed by atoms with Crippen LogP contribution in [0.4, 0.5) is 0 Å². The molecule has 0 saturated carbocycles. The highest BCUT2D eigenvalue weighted by Crippen LogP contribution is 2.28. The van der Waals surface area contributed by atoms with E-state index in [2.05, 4.69) is 0 Å². The van der Waals surface area contributed by atoms with Gasteiger partial charge in [-0.15, -0.1) is 0 Å². The van der Waals surface area contributed by atoms with Crippen LogP contribution in [0.3, 0.4) is 0 Å². The smallest absolute Gasteiger partial charge is 0.187 e. The van der Waals surface area contributed by atoms with Gasteiger partial charge in [0.1, 0.15) is 48.8 Å². The van der Waals surface area contributed by atoms with Crippen molar-refractivity contribution in [1.29, 1.82) is 0 Å². The lowest BCUT2D eigenvalue weighted by molar-refractivity contribution is -0.355. The molecule has 8 N–H and O–H groups in total. The van der Waals surface area contributed by atoms with Gasteiger partial charge in [-0.2, -0.15) is 0 Å². The third kappa shape index (κ3) is 4.03. The zero-order valence-corrected chi connectivity index (χ0v) is 11.9. The topological polar surface area (TPSA) is 190 Å². The molecule has 0 radical (unpaired) electrons. The summed E-state index contributed by atoms with van der Waals surface area (Å²) in [5.74, 6) is 0. The van der Waals surface area contributed by atoms with Crippen LogP contribution >= 0.6 is 0 Å². The molecule has 0 amide bonds. The van der Waals surface area contributed by atoms with E-state index in [1.54, 1.807) is 0 Å². The second kappa shape index (κ2) is 8.78. The third-order valence-corrected chi connectivity index (χ3v) is 3.87. The quantitative estimate of drug-likeness (QED) is 0.240. The molecule has 2 saturated heterocycles. The molecule has 11 nitrogen and oxygen atoms in total. The summed E-state index contributed by atoms with van der Waals surface area (Å²) < 4.78 is 22.4. The standard InChI is InChI=1S/C12H22O11.CH4/c13-1-3-5(15)6(16)9(19)12(22-3)23-10-4(2-14)21-11(20)8(18)7(10)17;/h3-20H,1-2H2;1H4/t3-,4-,5+,6+,7-,8-,9-,10-,11?,12+;/m1./s1/i11D;. The Labute approximate surface area is 139 Å². The first-order valence-electron chi connectivity index (χ1n) is 7.47. The highest BCUT2D eigenvalue weighted by atomic mass is 16.7. The zero-order valence-electron chi connectivity index (χ0n) is 12.9. The molecule has 0 spiro atoms. The molecule has 2 aliphatic rings. The summed E-state index contributed by atoms with van der Waals surface area (Å²) in [6.45, 7) is -1.51. The molecule has 2 aliphatic heterocycles. The molecule has 2 heterocycles. The van der Waals surface area contributed by atoms with Crippen molar-refractivity contribution in [3.05, 3.63) is 0 Å². The lowest BCUT2D eigenvalue weighted by Gasteiger charge is -2.45. The Kier molecular flexibility index (Phi) is 7.27. The van der Waals surface area contributed by atoms with Gasteiger partial charge in [0.05, 0.1) is 14.6 Å². The molecule has 24 heavy (non-hydrogen) atoms. The van der Waals surface area contributed by atoms with Crippen molar-refractivity contribution in [2.24, 2.45) is 0 Å². The van der Waals surface area contributed by atoms with E-state index in [0.29, 0.717) is 0 Å². The van der Waals surface area contributed by atoms with Crippen LogP contribution in [-0.2, 0) is 14.2 Å². The fourth-order valence-corrected chi connectivity index (χ4v) is 2.48. The van der Waals surface area contributed by atoms with Gasteiger partial charge >= 0.3 is 0 Å². The Bertz CT molecular complexity index is 421. The van der Waals surface area contributed by atoms with Crippen molar-refractivity contribution in [3.63, 3.8) is 0 Å². The van der Waals surface area contributed by atoms with Crippen molar-refractivity contribution >= 4 is 0 Å². The average molecular weight is 359 g/mol. The number of ether oxygens (including phenoxy) is 3. The van der Waals surface area contributed by atoms with E-state index >= 15 is 0 Å². The van der Waals surface area contributed by atoms with Crippen LogP contribution in [0.15, 0.2) is 0 Å². The van der Waals surface area contributed by atoms with Gasteiger partial charge in [0.15, 0.2) is 12.6 Å². The maximum atomic E-state index is 9.99. The third-order valence-electron chi connectivity index (χ3n) is 3.87. The fourth-order valence-electron chi connectivity index (χ4n) is 2.48. The van der Waals surface area contributed by atoms with Gasteiger partial charge in [0, 0.05) is 0 Å². The second-order valence-corrected chi connectivity index (χ2v) is 5.41. The van der Waals surface area contributed by atoms with E-state index in [0.717, 1.165) is 0 Å². The van der Waals surface area contributed by atoms with Crippen LogP contribution < -0.4 is 0 Å². The molecule has 0 aliphatic carbocycles. The number of aliphatic hydroxyl groups is 8. The highest BCUT2D eigenvalue weighted by Gasteiger charge is 2.50. The van der Waals surface area contributed by atoms with Crippen LogP contribution in [-0.4, -0.2) is 115 Å². The summed E-state index contributed by atoms with van der Waals surface area (Å²) in [5.41, 5.74) is 0. The highest BCUT2D eigenvalue weighted by molar-refractivity contribution is 4.93. The van der Waals surface area contributed by atoms with Crippen LogP contribution in [0.25, 0.3) is 0 Å². The lowest BCUT2D eigenvalue weighted by Crippen LogP contribution is -2.64. The summed E-state index contributed by atoms with van der Waals surface area (Å²) in [6.07, 6.45) is -17.9. The molecule has 10 atom stereocenters. The summed E-state index contributed by atoms with van der Waals surface area (Å²) in [7, 11) is 0. The van der Waals surface area contributed by atoms with Crippen molar-refractivity contribution in [3.8, 4) is 0 Å². The molecule has 0 bridgehead atoms. The van der Waals surface area contributed by atoms with Crippen molar-refractivity contribution in [1.82, 2.24) is 0 Å². The lowest BCUT2D eigenvalue weighted by atomic mass is 9.97. The SMILES string of the molecule is C.[2H]C1(O)O[C@H](CO)[C@@H](O[C@@H]2O[C@H](CO)[C@H](O)[C@H](O)[C@H]2O)[C@H](O)[C@H]1O. The minimum atomic E-state index is -2.89. The molecule has 144 valence electrons. The van der Waals surface area contributed by atoms with E-state index in [-0.39, 0.29) is 7.43 Å². The van der Waals surface area contributed by atoms with E-state index in [1.807, 2.05) is 0 Å². The molecule has 2 rings (SSSR count). The van der Waals surface area contributed by atoms with Crippen LogP contribution in [0.2, 0.25) is 0 Å². The van der Waals surface area contributed by atoms with Gasteiger partial charge in [-0.05, 0) is 0 Å². The molecule has 0 aromatic heterocycles. The Morgan fingerprint density at radius 2 is 1.33 bits per heavy atom. The first-order valence-corrected chi connectivity index (χ1v) is 6.97. The minimum Gasteiger partial charge on any atom is -0.394 e.